The van der Waals surface area contributed by atoms with Crippen LogP contribution in [0.4, 0.5) is 0 Å². The monoisotopic (exact) mass is 250 g/mol. The zero-order valence-electron chi connectivity index (χ0n) is 5.51. The van der Waals surface area contributed by atoms with Crippen molar-refractivity contribution in [1.82, 2.24) is 0 Å². The third kappa shape index (κ3) is 2.08. The van der Waals surface area contributed by atoms with Crippen molar-refractivity contribution in [2.24, 2.45) is 0 Å². The summed E-state index contributed by atoms with van der Waals surface area (Å²) in [5, 5.41) is 8.86. The molecular formula is C4H8BrClO3S. The maximum atomic E-state index is 10.8. The van der Waals surface area contributed by atoms with Crippen molar-refractivity contribution < 1.29 is 13.5 Å². The number of aliphatic hydroxyl groups is 1. The molecule has 0 amide bonds. The quantitative estimate of drug-likeness (QED) is 0.735. The van der Waals surface area contributed by atoms with Crippen LogP contribution in [0.25, 0.3) is 0 Å². The number of aliphatic hydroxyl groups excluding tert-OH is 1. The summed E-state index contributed by atoms with van der Waals surface area (Å²) in [5.74, 6) is 0. The van der Waals surface area contributed by atoms with Crippen molar-refractivity contribution >= 4 is 37.4 Å². The Bertz CT molecular complexity index is 209. The lowest BCUT2D eigenvalue weighted by Gasteiger charge is -2.20. The Morgan fingerprint density at radius 3 is 2.00 bits per heavy atom. The Balaban J connectivity index is 4.76. The van der Waals surface area contributed by atoms with Crippen molar-refractivity contribution in [2.45, 2.75) is 16.1 Å². The van der Waals surface area contributed by atoms with E-state index < -0.39 is 19.1 Å². The second-order valence-corrected chi connectivity index (χ2v) is 7.25. The normalized spacial score (nSPS) is 21.7. The van der Waals surface area contributed by atoms with Crippen LogP contribution in [0.15, 0.2) is 0 Å². The van der Waals surface area contributed by atoms with Gasteiger partial charge in [-0.25, -0.2) is 8.42 Å². The maximum Gasteiger partial charge on any atom is 0.224 e. The molecule has 0 unspecified atom stereocenters. The van der Waals surface area contributed by atoms with Crippen molar-refractivity contribution in [1.29, 1.82) is 0 Å². The molecule has 0 aliphatic heterocycles. The summed E-state index contributed by atoms with van der Waals surface area (Å²) in [4.78, 5) is 0. The third-order valence-electron chi connectivity index (χ3n) is 0.981. The number of sulfone groups is 1. The van der Waals surface area contributed by atoms with Crippen LogP contribution in [0.2, 0.25) is 0 Å². The Morgan fingerprint density at radius 1 is 1.70 bits per heavy atom. The van der Waals surface area contributed by atoms with E-state index in [1.807, 2.05) is 0 Å². The molecule has 0 radical (unpaired) electrons. The summed E-state index contributed by atoms with van der Waals surface area (Å²) in [7, 11) is -3.47. The molecule has 10 heavy (non-hydrogen) atoms. The van der Waals surface area contributed by atoms with E-state index in [4.69, 9.17) is 16.7 Å². The first-order valence-corrected chi connectivity index (χ1v) is 5.51. The molecule has 6 heteroatoms. The van der Waals surface area contributed by atoms with Crippen molar-refractivity contribution in [3.8, 4) is 0 Å². The molecule has 0 saturated heterocycles. The molecule has 0 aliphatic carbocycles. The van der Waals surface area contributed by atoms with Crippen LogP contribution in [0.3, 0.4) is 0 Å². The molecule has 3 nitrogen and oxygen atoms in total. The smallest absolute Gasteiger partial charge is 0.224 e. The fourth-order valence-electron chi connectivity index (χ4n) is 0.310. The number of hydrogen-bond acceptors (Lipinski definition) is 3. The van der Waals surface area contributed by atoms with Crippen LogP contribution < -0.4 is 0 Å². The van der Waals surface area contributed by atoms with Gasteiger partial charge < -0.3 is 5.11 Å². The molecule has 0 aromatic carbocycles. The lowest BCUT2D eigenvalue weighted by Crippen LogP contribution is -2.35. The van der Waals surface area contributed by atoms with Crippen molar-refractivity contribution in [3.63, 3.8) is 0 Å². The predicted molar refractivity (Wildman–Crippen MR) is 44.0 cm³/mol. The minimum absolute atomic E-state index is 0.946. The van der Waals surface area contributed by atoms with Gasteiger partial charge in [0.15, 0.2) is 9.84 Å². The molecule has 0 bridgehead atoms. The van der Waals surface area contributed by atoms with E-state index >= 15 is 0 Å². The fourth-order valence-corrected chi connectivity index (χ4v) is 0.929. The Morgan fingerprint density at radius 2 is 2.00 bits per heavy atom. The first kappa shape index (κ1) is 10.7. The summed E-state index contributed by atoms with van der Waals surface area (Å²) < 4.78 is 19.8. The third-order valence-corrected chi connectivity index (χ3v) is 5.89. The molecule has 0 fully saturated rings. The zero-order chi connectivity index (χ0) is 8.58. The highest BCUT2D eigenvalue weighted by Gasteiger charge is 2.40. The van der Waals surface area contributed by atoms with Gasteiger partial charge in [-0.15, -0.1) is 0 Å². The van der Waals surface area contributed by atoms with Gasteiger partial charge in [0, 0.05) is 6.26 Å². The largest absolute Gasteiger partial charge is 0.390 e. The van der Waals surface area contributed by atoms with E-state index in [0.29, 0.717) is 0 Å². The summed E-state index contributed by atoms with van der Waals surface area (Å²) in [6, 6.07) is 0. The van der Waals surface area contributed by atoms with Gasteiger partial charge in [0.05, 0.1) is 6.10 Å². The first-order valence-electron chi connectivity index (χ1n) is 2.45. The van der Waals surface area contributed by atoms with E-state index in [1.165, 1.54) is 6.92 Å². The average molecular weight is 252 g/mol. The van der Waals surface area contributed by atoms with Crippen molar-refractivity contribution in [3.05, 3.63) is 0 Å². The topological polar surface area (TPSA) is 54.4 Å². The molecule has 0 heterocycles. The Hall–Kier alpha value is 0.680. The summed E-state index contributed by atoms with van der Waals surface area (Å²) in [5.41, 5.74) is 0. The molecular weight excluding hydrogens is 243 g/mol. The molecule has 0 aromatic rings. The molecule has 62 valence electrons. The molecule has 2 atom stereocenters. The van der Waals surface area contributed by atoms with E-state index in [-0.39, 0.29) is 0 Å². The number of alkyl halides is 2. The average Bonchev–Trinajstić information content (AvgIpc) is 1.62. The van der Waals surface area contributed by atoms with E-state index in [2.05, 4.69) is 15.9 Å². The highest BCUT2D eigenvalue weighted by atomic mass is 79.9. The van der Waals surface area contributed by atoms with Gasteiger partial charge in [-0.1, -0.05) is 11.6 Å². The van der Waals surface area contributed by atoms with Gasteiger partial charge in [0.1, 0.15) is 0 Å². The highest BCUT2D eigenvalue weighted by molar-refractivity contribution is 9.12. The molecule has 0 aliphatic rings. The summed E-state index contributed by atoms with van der Waals surface area (Å²) >= 11 is 8.12. The van der Waals surface area contributed by atoms with Crippen LogP contribution in [0, 0.1) is 0 Å². The van der Waals surface area contributed by atoms with Gasteiger partial charge in [0.2, 0.25) is 3.12 Å². The van der Waals surface area contributed by atoms with E-state index in [9.17, 15) is 8.42 Å². The van der Waals surface area contributed by atoms with Gasteiger partial charge in [-0.2, -0.15) is 0 Å². The molecule has 0 spiro atoms. The van der Waals surface area contributed by atoms with Crippen LogP contribution >= 0.6 is 27.5 Å². The first-order chi connectivity index (χ1) is 4.19. The summed E-state index contributed by atoms with van der Waals surface area (Å²) in [6.45, 7) is 1.29. The zero-order valence-corrected chi connectivity index (χ0v) is 8.66. The standard InChI is InChI=1S/C4H8BrClO3S/c1-3(7)4(5,6)10(2,8)9/h3,7H,1-2H3/t3-,4-/m0/s1. The molecule has 1 N–H and O–H groups in total. The van der Waals surface area contributed by atoms with Gasteiger partial charge in [-0.3, -0.25) is 0 Å². The maximum absolute atomic E-state index is 10.8. The summed E-state index contributed by atoms with van der Waals surface area (Å²) in [6.07, 6.45) is -0.203. The Kier molecular flexibility index (Phi) is 3.17. The van der Waals surface area contributed by atoms with Crippen LogP contribution in [0.5, 0.6) is 0 Å². The minimum Gasteiger partial charge on any atom is -0.390 e. The number of hydrogen-bond donors (Lipinski definition) is 1. The molecule has 0 saturated carbocycles. The number of halogens is 2. The SMILES string of the molecule is C[C@H](O)[C@@](Cl)(Br)S(C)(=O)=O. The fraction of sp³-hybridized carbons (Fsp3) is 1.00. The highest BCUT2D eigenvalue weighted by Crippen LogP contribution is 2.33. The van der Waals surface area contributed by atoms with Gasteiger partial charge in [0.25, 0.3) is 0 Å². The predicted octanol–water partition coefficient (Wildman–Crippen LogP) is 0.699. The van der Waals surface area contributed by atoms with E-state index in [1.54, 1.807) is 0 Å². The second kappa shape index (κ2) is 2.97. The molecule has 0 aromatic heterocycles. The number of rotatable bonds is 2. The van der Waals surface area contributed by atoms with Gasteiger partial charge in [-0.05, 0) is 22.9 Å². The Labute approximate surface area is 73.4 Å². The van der Waals surface area contributed by atoms with Crippen molar-refractivity contribution in [2.75, 3.05) is 6.26 Å². The van der Waals surface area contributed by atoms with Crippen LogP contribution in [-0.4, -0.2) is 29.0 Å². The molecule has 0 rings (SSSR count). The minimum atomic E-state index is -3.47. The van der Waals surface area contributed by atoms with Crippen LogP contribution in [0.1, 0.15) is 6.92 Å². The lowest BCUT2D eigenvalue weighted by atomic mass is 10.5. The second-order valence-electron chi connectivity index (χ2n) is 2.01. The van der Waals surface area contributed by atoms with Crippen LogP contribution in [-0.2, 0) is 9.84 Å². The lowest BCUT2D eigenvalue weighted by molar-refractivity contribution is 0.202. The van der Waals surface area contributed by atoms with Gasteiger partial charge >= 0.3 is 0 Å². The van der Waals surface area contributed by atoms with E-state index in [0.717, 1.165) is 6.26 Å².